The second kappa shape index (κ2) is 5.13. The van der Waals surface area contributed by atoms with Crippen LogP contribution >= 0.6 is 0 Å². The highest BCUT2D eigenvalue weighted by Gasteiger charge is 2.15. The van der Waals surface area contributed by atoms with E-state index in [4.69, 9.17) is 0 Å². The van der Waals surface area contributed by atoms with Gasteiger partial charge in [0.15, 0.2) is 5.03 Å². The molecule has 0 spiro atoms. The molecule has 0 saturated heterocycles. The summed E-state index contributed by atoms with van der Waals surface area (Å²) in [5.74, 6) is 0. The van der Waals surface area contributed by atoms with Gasteiger partial charge in [0.1, 0.15) is 0 Å². The van der Waals surface area contributed by atoms with Crippen LogP contribution in [0.3, 0.4) is 0 Å². The fraction of sp³-hybridized carbons (Fsp3) is 0.100. The van der Waals surface area contributed by atoms with Crippen LogP contribution in [0, 0.1) is 0 Å². The average molecular weight is 316 g/mol. The second-order valence-corrected chi connectivity index (χ2v) is 7.38. The maximum atomic E-state index is 11.9. The molecule has 3 N–H and O–H groups in total. The minimum atomic E-state index is -3.78. The van der Waals surface area contributed by atoms with E-state index in [1.54, 1.807) is 0 Å². The van der Waals surface area contributed by atoms with E-state index in [1.165, 1.54) is 36.8 Å². The summed E-state index contributed by atoms with van der Waals surface area (Å²) in [6.45, 7) is 0. The Kier molecular flexibility index (Phi) is 3.68. The van der Waals surface area contributed by atoms with Crippen molar-refractivity contribution in [2.75, 3.05) is 15.7 Å². The van der Waals surface area contributed by atoms with Crippen LogP contribution in [0.1, 0.15) is 0 Å². The molecule has 10 heteroatoms. The molecular formula is C10H12N4O4S2. The standard InChI is InChI=1S/C10H12N4O4S2/c1-19(15,16)13-8-3-2-4-9(5-8)14-20(17,18)10-6-11-7-12-10/h2-7,13-14H,1H3,(H,11,12). The molecule has 1 aromatic carbocycles. The number of nitrogens with one attached hydrogen (secondary N) is 3. The molecule has 0 bridgehead atoms. The summed E-state index contributed by atoms with van der Waals surface area (Å²) in [6.07, 6.45) is 3.42. The zero-order chi connectivity index (χ0) is 14.8. The summed E-state index contributed by atoms with van der Waals surface area (Å²) in [4.78, 5) is 6.11. The lowest BCUT2D eigenvalue weighted by atomic mass is 10.3. The van der Waals surface area contributed by atoms with E-state index in [-0.39, 0.29) is 16.4 Å². The topological polar surface area (TPSA) is 121 Å². The fourth-order valence-corrected chi connectivity index (χ4v) is 2.97. The predicted octanol–water partition coefficient (Wildman–Crippen LogP) is 0.582. The Labute approximate surface area is 116 Å². The number of nitrogens with zero attached hydrogens (tertiary/aromatic N) is 1. The molecule has 2 rings (SSSR count). The van der Waals surface area contributed by atoms with Crippen LogP contribution in [0.4, 0.5) is 11.4 Å². The number of sulfonamides is 2. The van der Waals surface area contributed by atoms with E-state index in [9.17, 15) is 16.8 Å². The molecule has 0 aliphatic rings. The van der Waals surface area contributed by atoms with Gasteiger partial charge in [0.25, 0.3) is 10.0 Å². The summed E-state index contributed by atoms with van der Waals surface area (Å²) in [5, 5.41) is -0.0843. The molecule has 20 heavy (non-hydrogen) atoms. The largest absolute Gasteiger partial charge is 0.334 e. The van der Waals surface area contributed by atoms with E-state index in [0.29, 0.717) is 0 Å². The van der Waals surface area contributed by atoms with Crippen molar-refractivity contribution in [2.24, 2.45) is 0 Å². The van der Waals surface area contributed by atoms with Crippen LogP contribution in [0.5, 0.6) is 0 Å². The lowest BCUT2D eigenvalue weighted by Gasteiger charge is -2.08. The van der Waals surface area contributed by atoms with Crippen molar-refractivity contribution < 1.29 is 16.8 Å². The first-order valence-electron chi connectivity index (χ1n) is 5.35. The number of hydrogen-bond donors (Lipinski definition) is 3. The number of hydrogen-bond acceptors (Lipinski definition) is 5. The quantitative estimate of drug-likeness (QED) is 0.745. The molecule has 1 aromatic heterocycles. The lowest BCUT2D eigenvalue weighted by Crippen LogP contribution is -2.14. The Morgan fingerprint density at radius 1 is 1.10 bits per heavy atom. The molecule has 0 atom stereocenters. The minimum absolute atomic E-state index is 0.0843. The summed E-state index contributed by atoms with van der Waals surface area (Å²) in [5.41, 5.74) is 0.491. The predicted molar refractivity (Wildman–Crippen MR) is 74.3 cm³/mol. The van der Waals surface area contributed by atoms with Crippen LogP contribution < -0.4 is 9.44 Å². The second-order valence-electron chi connectivity index (χ2n) is 3.98. The summed E-state index contributed by atoms with van der Waals surface area (Å²) in [6, 6.07) is 5.91. The molecule has 0 fully saturated rings. The maximum Gasteiger partial charge on any atom is 0.278 e. The van der Waals surface area contributed by atoms with Crippen LogP contribution in [-0.2, 0) is 20.0 Å². The molecule has 8 nitrogen and oxygen atoms in total. The first-order valence-corrected chi connectivity index (χ1v) is 8.73. The fourth-order valence-electron chi connectivity index (χ4n) is 1.46. The third kappa shape index (κ3) is 3.71. The van der Waals surface area contributed by atoms with Gasteiger partial charge in [0, 0.05) is 0 Å². The number of aromatic amines is 1. The van der Waals surface area contributed by atoms with Crippen molar-refractivity contribution in [2.45, 2.75) is 5.03 Å². The highest BCUT2D eigenvalue weighted by atomic mass is 32.2. The monoisotopic (exact) mass is 316 g/mol. The molecule has 0 saturated carbocycles. The third-order valence-corrected chi connectivity index (χ3v) is 4.09. The molecule has 0 unspecified atom stereocenters. The van der Waals surface area contributed by atoms with Crippen molar-refractivity contribution >= 4 is 31.4 Å². The van der Waals surface area contributed by atoms with Crippen molar-refractivity contribution in [1.82, 2.24) is 9.97 Å². The smallest absolute Gasteiger partial charge is 0.278 e. The maximum absolute atomic E-state index is 11.9. The van der Waals surface area contributed by atoms with Gasteiger partial charge in [-0.1, -0.05) is 6.07 Å². The number of anilines is 2. The molecule has 0 aliphatic heterocycles. The number of H-pyrrole nitrogens is 1. The molecule has 2 aromatic rings. The molecule has 108 valence electrons. The summed E-state index contributed by atoms with van der Waals surface area (Å²) >= 11 is 0. The van der Waals surface area contributed by atoms with E-state index in [2.05, 4.69) is 19.4 Å². The van der Waals surface area contributed by atoms with Gasteiger partial charge in [0.2, 0.25) is 10.0 Å². The zero-order valence-corrected chi connectivity index (χ0v) is 12.0. The van der Waals surface area contributed by atoms with Crippen molar-refractivity contribution in [3.63, 3.8) is 0 Å². The molecule has 0 aliphatic carbocycles. The minimum Gasteiger partial charge on any atom is -0.334 e. The Balaban J connectivity index is 2.25. The molecule has 1 heterocycles. The Morgan fingerprint density at radius 3 is 2.30 bits per heavy atom. The van der Waals surface area contributed by atoms with Gasteiger partial charge in [0.05, 0.1) is 30.2 Å². The van der Waals surface area contributed by atoms with E-state index in [0.717, 1.165) is 6.26 Å². The lowest BCUT2D eigenvalue weighted by molar-refractivity contribution is 0.598. The van der Waals surface area contributed by atoms with Gasteiger partial charge >= 0.3 is 0 Å². The molecule has 0 radical (unpaired) electrons. The van der Waals surface area contributed by atoms with E-state index >= 15 is 0 Å². The van der Waals surface area contributed by atoms with Crippen molar-refractivity contribution in [3.8, 4) is 0 Å². The van der Waals surface area contributed by atoms with E-state index in [1.807, 2.05) is 0 Å². The first kappa shape index (κ1) is 14.3. The van der Waals surface area contributed by atoms with Crippen LogP contribution in [0.25, 0.3) is 0 Å². The van der Waals surface area contributed by atoms with Gasteiger partial charge in [-0.25, -0.2) is 13.4 Å². The van der Waals surface area contributed by atoms with Gasteiger partial charge in [-0.05, 0) is 18.2 Å². The summed E-state index contributed by atoms with van der Waals surface area (Å²) in [7, 11) is -7.20. The summed E-state index contributed by atoms with van der Waals surface area (Å²) < 4.78 is 50.7. The van der Waals surface area contributed by atoms with Crippen LogP contribution in [-0.4, -0.2) is 33.1 Å². The zero-order valence-electron chi connectivity index (χ0n) is 10.4. The Hall–Kier alpha value is -2.07. The Morgan fingerprint density at radius 2 is 1.75 bits per heavy atom. The Bertz CT molecular complexity index is 798. The van der Waals surface area contributed by atoms with Crippen molar-refractivity contribution in [1.29, 1.82) is 0 Å². The normalized spacial score (nSPS) is 12.1. The highest BCUT2D eigenvalue weighted by Crippen LogP contribution is 2.19. The average Bonchev–Trinajstić information content (AvgIpc) is 2.80. The van der Waals surface area contributed by atoms with Crippen molar-refractivity contribution in [3.05, 3.63) is 36.8 Å². The van der Waals surface area contributed by atoms with Gasteiger partial charge in [-0.3, -0.25) is 9.44 Å². The van der Waals surface area contributed by atoms with Crippen LogP contribution in [0.2, 0.25) is 0 Å². The number of benzene rings is 1. The van der Waals surface area contributed by atoms with Gasteiger partial charge in [-0.15, -0.1) is 0 Å². The van der Waals surface area contributed by atoms with Gasteiger partial charge in [-0.2, -0.15) is 8.42 Å². The number of imidazole rings is 1. The van der Waals surface area contributed by atoms with Gasteiger partial charge < -0.3 is 4.98 Å². The third-order valence-electron chi connectivity index (χ3n) is 2.18. The van der Waals surface area contributed by atoms with E-state index < -0.39 is 20.0 Å². The highest BCUT2D eigenvalue weighted by molar-refractivity contribution is 7.92. The first-order chi connectivity index (χ1) is 9.26. The molecule has 0 amide bonds. The number of rotatable bonds is 5. The number of aromatic nitrogens is 2. The SMILES string of the molecule is CS(=O)(=O)Nc1cccc(NS(=O)(=O)c2cnc[nH]2)c1. The molecular weight excluding hydrogens is 304 g/mol. The van der Waals surface area contributed by atoms with Crippen LogP contribution in [0.15, 0.2) is 41.8 Å².